The van der Waals surface area contributed by atoms with Crippen molar-refractivity contribution < 1.29 is 8.78 Å². The predicted octanol–water partition coefficient (Wildman–Crippen LogP) is 1.42. The molecule has 0 amide bonds. The van der Waals surface area contributed by atoms with Gasteiger partial charge in [0.25, 0.3) is 6.43 Å². The van der Waals surface area contributed by atoms with Gasteiger partial charge in [-0.25, -0.2) is 8.78 Å². The van der Waals surface area contributed by atoms with Gasteiger partial charge in [0.05, 0.1) is 6.54 Å². The zero-order chi connectivity index (χ0) is 10.1. The quantitative estimate of drug-likeness (QED) is 0.671. The lowest BCUT2D eigenvalue weighted by Gasteiger charge is -2.42. The number of alkyl halides is 2. The van der Waals surface area contributed by atoms with Crippen LogP contribution in [0.15, 0.2) is 0 Å². The summed E-state index contributed by atoms with van der Waals surface area (Å²) in [7, 11) is 0. The van der Waals surface area contributed by atoms with E-state index in [0.29, 0.717) is 12.1 Å². The number of hydrogen-bond acceptors (Lipinski definition) is 2. The molecule has 2 aliphatic rings. The molecule has 4 heteroatoms. The van der Waals surface area contributed by atoms with Crippen molar-refractivity contribution in [3.8, 4) is 0 Å². The first-order valence-electron chi connectivity index (χ1n) is 5.43. The Morgan fingerprint density at radius 2 is 2.14 bits per heavy atom. The van der Waals surface area contributed by atoms with Gasteiger partial charge in [-0.3, -0.25) is 9.80 Å². The third-order valence-corrected chi connectivity index (χ3v) is 3.44. The standard InChI is InChI=1S/C10H18F2N2/c1-8-5-13-4-2-3-9(13)6-14(8)7-10(11)12/h8-10H,2-7H2,1H3. The van der Waals surface area contributed by atoms with Crippen LogP contribution < -0.4 is 0 Å². The van der Waals surface area contributed by atoms with Crippen molar-refractivity contribution in [2.75, 3.05) is 26.2 Å². The summed E-state index contributed by atoms with van der Waals surface area (Å²) < 4.78 is 24.6. The monoisotopic (exact) mass is 204 g/mol. The van der Waals surface area contributed by atoms with Crippen molar-refractivity contribution in [2.45, 2.75) is 38.3 Å². The lowest BCUT2D eigenvalue weighted by atomic mass is 10.1. The van der Waals surface area contributed by atoms with Crippen LogP contribution >= 0.6 is 0 Å². The highest BCUT2D eigenvalue weighted by Gasteiger charge is 2.34. The minimum Gasteiger partial charge on any atom is -0.298 e. The SMILES string of the molecule is CC1CN2CCCC2CN1CC(F)F. The second kappa shape index (κ2) is 4.11. The van der Waals surface area contributed by atoms with Crippen molar-refractivity contribution in [2.24, 2.45) is 0 Å². The normalized spacial score (nSPS) is 35.1. The second-order valence-corrected chi connectivity index (χ2v) is 4.48. The summed E-state index contributed by atoms with van der Waals surface area (Å²) in [6, 6.07) is 0.836. The summed E-state index contributed by atoms with van der Waals surface area (Å²) in [5, 5.41) is 0. The average molecular weight is 204 g/mol. The lowest BCUT2D eigenvalue weighted by Crippen LogP contribution is -2.55. The molecule has 0 bridgehead atoms. The van der Waals surface area contributed by atoms with E-state index in [1.165, 1.54) is 12.8 Å². The molecule has 2 unspecified atom stereocenters. The molecule has 2 heterocycles. The molecule has 2 atom stereocenters. The van der Waals surface area contributed by atoms with Crippen molar-refractivity contribution in [3.63, 3.8) is 0 Å². The molecule has 2 fully saturated rings. The first-order chi connectivity index (χ1) is 6.66. The van der Waals surface area contributed by atoms with Crippen LogP contribution in [0.25, 0.3) is 0 Å². The Morgan fingerprint density at radius 3 is 2.86 bits per heavy atom. The fraction of sp³-hybridized carbons (Fsp3) is 1.00. The Labute approximate surface area is 83.9 Å². The molecule has 82 valence electrons. The van der Waals surface area contributed by atoms with Gasteiger partial charge in [0.15, 0.2) is 0 Å². The van der Waals surface area contributed by atoms with Gasteiger partial charge in [-0.05, 0) is 26.3 Å². The maximum Gasteiger partial charge on any atom is 0.251 e. The van der Waals surface area contributed by atoms with E-state index in [2.05, 4.69) is 11.8 Å². The number of piperazine rings is 1. The number of fused-ring (bicyclic) bond motifs is 1. The number of halogens is 2. The van der Waals surface area contributed by atoms with Gasteiger partial charge in [0.1, 0.15) is 0 Å². The van der Waals surface area contributed by atoms with E-state index >= 15 is 0 Å². The van der Waals surface area contributed by atoms with Crippen LogP contribution in [0.1, 0.15) is 19.8 Å². The Balaban J connectivity index is 1.92. The molecule has 0 aromatic heterocycles. The molecule has 2 saturated heterocycles. The smallest absolute Gasteiger partial charge is 0.251 e. The first-order valence-corrected chi connectivity index (χ1v) is 5.43. The molecule has 0 radical (unpaired) electrons. The fourth-order valence-electron chi connectivity index (χ4n) is 2.68. The summed E-state index contributed by atoms with van der Waals surface area (Å²) >= 11 is 0. The summed E-state index contributed by atoms with van der Waals surface area (Å²) in [5.41, 5.74) is 0. The van der Waals surface area contributed by atoms with E-state index < -0.39 is 6.43 Å². The first kappa shape index (κ1) is 10.3. The van der Waals surface area contributed by atoms with Crippen LogP contribution in [0.5, 0.6) is 0 Å². The van der Waals surface area contributed by atoms with Crippen molar-refractivity contribution >= 4 is 0 Å². The summed E-state index contributed by atoms with van der Waals surface area (Å²) in [6.45, 7) is 4.98. The van der Waals surface area contributed by atoms with Crippen molar-refractivity contribution in [1.82, 2.24) is 9.80 Å². The van der Waals surface area contributed by atoms with Crippen LogP contribution in [0.3, 0.4) is 0 Å². The zero-order valence-corrected chi connectivity index (χ0v) is 8.63. The van der Waals surface area contributed by atoms with Gasteiger partial charge in [0, 0.05) is 25.2 Å². The molecule has 2 nitrogen and oxygen atoms in total. The number of hydrogen-bond donors (Lipinski definition) is 0. The third kappa shape index (κ3) is 2.06. The Bertz CT molecular complexity index is 199. The van der Waals surface area contributed by atoms with E-state index in [1.54, 1.807) is 0 Å². The highest BCUT2D eigenvalue weighted by molar-refractivity contribution is 4.90. The maximum absolute atomic E-state index is 12.3. The molecule has 2 aliphatic heterocycles. The molecule has 0 aromatic carbocycles. The van der Waals surface area contributed by atoms with Crippen molar-refractivity contribution in [3.05, 3.63) is 0 Å². The highest BCUT2D eigenvalue weighted by Crippen LogP contribution is 2.24. The Hall–Kier alpha value is -0.220. The fourth-order valence-corrected chi connectivity index (χ4v) is 2.68. The Kier molecular flexibility index (Phi) is 3.02. The summed E-state index contributed by atoms with van der Waals surface area (Å²) in [5.74, 6) is 0. The minimum absolute atomic E-state index is 0.0501. The topological polar surface area (TPSA) is 6.48 Å². The van der Waals surface area contributed by atoms with Gasteiger partial charge >= 0.3 is 0 Å². The molecule has 2 rings (SSSR count). The summed E-state index contributed by atoms with van der Waals surface area (Å²) in [4.78, 5) is 4.39. The van der Waals surface area contributed by atoms with Gasteiger partial charge in [0.2, 0.25) is 0 Å². The van der Waals surface area contributed by atoms with Gasteiger partial charge in [-0.2, -0.15) is 0 Å². The number of rotatable bonds is 2. The molecule has 0 aliphatic carbocycles. The third-order valence-electron chi connectivity index (χ3n) is 3.44. The largest absolute Gasteiger partial charge is 0.298 e. The molecular weight excluding hydrogens is 186 g/mol. The van der Waals surface area contributed by atoms with Crippen LogP contribution in [0, 0.1) is 0 Å². The summed E-state index contributed by atoms with van der Waals surface area (Å²) in [6.07, 6.45) is 0.234. The number of nitrogens with zero attached hydrogens (tertiary/aromatic N) is 2. The van der Waals surface area contributed by atoms with Crippen LogP contribution in [-0.2, 0) is 0 Å². The minimum atomic E-state index is -2.19. The molecule has 0 aromatic rings. The highest BCUT2D eigenvalue weighted by atomic mass is 19.3. The molecule has 14 heavy (non-hydrogen) atoms. The maximum atomic E-state index is 12.3. The van der Waals surface area contributed by atoms with Crippen LogP contribution in [-0.4, -0.2) is 54.5 Å². The van der Waals surface area contributed by atoms with E-state index in [9.17, 15) is 8.78 Å². The van der Waals surface area contributed by atoms with Crippen molar-refractivity contribution in [1.29, 1.82) is 0 Å². The van der Waals surface area contributed by atoms with E-state index in [0.717, 1.165) is 19.6 Å². The van der Waals surface area contributed by atoms with E-state index in [4.69, 9.17) is 0 Å². The molecular formula is C10H18F2N2. The average Bonchev–Trinajstić information content (AvgIpc) is 2.51. The molecule has 0 N–H and O–H groups in total. The lowest BCUT2D eigenvalue weighted by molar-refractivity contribution is 0.0121. The molecule has 0 saturated carbocycles. The zero-order valence-electron chi connectivity index (χ0n) is 8.63. The van der Waals surface area contributed by atoms with Gasteiger partial charge < -0.3 is 0 Å². The second-order valence-electron chi connectivity index (χ2n) is 4.48. The van der Waals surface area contributed by atoms with E-state index in [1.807, 2.05) is 4.90 Å². The van der Waals surface area contributed by atoms with Gasteiger partial charge in [-0.15, -0.1) is 0 Å². The van der Waals surface area contributed by atoms with E-state index in [-0.39, 0.29) is 6.54 Å². The van der Waals surface area contributed by atoms with Crippen LogP contribution in [0.4, 0.5) is 8.78 Å². The van der Waals surface area contributed by atoms with Crippen LogP contribution in [0.2, 0.25) is 0 Å². The van der Waals surface area contributed by atoms with Gasteiger partial charge in [-0.1, -0.05) is 0 Å². The Morgan fingerprint density at radius 1 is 1.36 bits per heavy atom. The predicted molar refractivity (Wildman–Crippen MR) is 51.6 cm³/mol. The molecule has 0 spiro atoms.